The summed E-state index contributed by atoms with van der Waals surface area (Å²) in [7, 11) is 0. The monoisotopic (exact) mass is 202 g/mol. The fraction of sp³-hybridized carbons (Fsp3) is 0.0909. The third-order valence-electron chi connectivity index (χ3n) is 1.94. The Morgan fingerprint density at radius 1 is 1.47 bits per heavy atom. The molecule has 0 saturated heterocycles. The van der Waals surface area contributed by atoms with E-state index in [4.69, 9.17) is 4.42 Å². The van der Waals surface area contributed by atoms with Crippen LogP contribution in [0.2, 0.25) is 0 Å². The highest BCUT2D eigenvalue weighted by molar-refractivity contribution is 5.50. The molecule has 0 aliphatic heterocycles. The second kappa shape index (κ2) is 3.96. The maximum Gasteiger partial charge on any atom is 0.267 e. The topological polar surface area (TPSA) is 48.0 Å². The van der Waals surface area contributed by atoms with Gasteiger partial charge in [-0.3, -0.25) is 4.79 Å². The van der Waals surface area contributed by atoms with Gasteiger partial charge in [0.2, 0.25) is 0 Å². The molecule has 0 fully saturated rings. The highest BCUT2D eigenvalue weighted by Crippen LogP contribution is 2.14. The van der Waals surface area contributed by atoms with Crippen LogP contribution in [0.5, 0.6) is 0 Å². The molecule has 76 valence electrons. The first kappa shape index (κ1) is 9.45. The lowest BCUT2D eigenvalue weighted by atomic mass is 10.3. The Balaban J connectivity index is 2.47. The summed E-state index contributed by atoms with van der Waals surface area (Å²) < 4.78 is 6.53. The minimum absolute atomic E-state index is 0.148. The summed E-state index contributed by atoms with van der Waals surface area (Å²) in [5.74, 6) is 0.646. The lowest BCUT2D eigenvalue weighted by Crippen LogP contribution is -2.21. The van der Waals surface area contributed by atoms with Gasteiger partial charge in [0, 0.05) is 6.07 Å². The minimum Gasteiger partial charge on any atom is -0.463 e. The molecule has 0 bridgehead atoms. The molecule has 0 amide bonds. The summed E-state index contributed by atoms with van der Waals surface area (Å²) >= 11 is 0. The van der Waals surface area contributed by atoms with Crippen LogP contribution in [0.25, 0.3) is 11.5 Å². The van der Waals surface area contributed by atoms with Gasteiger partial charge in [-0.25, -0.2) is 4.68 Å². The molecule has 0 N–H and O–H groups in total. The molecule has 0 saturated carbocycles. The van der Waals surface area contributed by atoms with Crippen molar-refractivity contribution in [1.82, 2.24) is 9.78 Å². The normalized spacial score (nSPS) is 10.1. The summed E-state index contributed by atoms with van der Waals surface area (Å²) in [4.78, 5) is 11.4. The fourth-order valence-electron chi connectivity index (χ4n) is 1.26. The Bertz CT molecular complexity index is 512. The van der Waals surface area contributed by atoms with Crippen LogP contribution in [0, 0.1) is 0 Å². The lowest BCUT2D eigenvalue weighted by molar-refractivity contribution is 0.570. The molecular weight excluding hydrogens is 192 g/mol. The summed E-state index contributed by atoms with van der Waals surface area (Å²) in [6.07, 6.45) is 3.19. The van der Waals surface area contributed by atoms with Crippen LogP contribution in [-0.2, 0) is 6.54 Å². The zero-order chi connectivity index (χ0) is 10.7. The summed E-state index contributed by atoms with van der Waals surface area (Å²) in [5.41, 5.74) is 0.492. The number of hydrogen-bond acceptors (Lipinski definition) is 3. The predicted octanol–water partition coefficient (Wildman–Crippen LogP) is 1.69. The van der Waals surface area contributed by atoms with Crippen LogP contribution in [0.15, 0.2) is 52.4 Å². The van der Waals surface area contributed by atoms with E-state index in [1.54, 1.807) is 30.5 Å². The second-order valence-electron chi connectivity index (χ2n) is 3.00. The predicted molar refractivity (Wildman–Crippen MR) is 56.4 cm³/mol. The van der Waals surface area contributed by atoms with Gasteiger partial charge < -0.3 is 4.42 Å². The van der Waals surface area contributed by atoms with E-state index in [0.717, 1.165) is 0 Å². The van der Waals surface area contributed by atoms with E-state index in [0.29, 0.717) is 18.0 Å². The van der Waals surface area contributed by atoms with Crippen molar-refractivity contribution < 1.29 is 4.42 Å². The molecule has 2 aromatic heterocycles. The number of hydrogen-bond donors (Lipinski definition) is 0. The molecule has 4 heteroatoms. The van der Waals surface area contributed by atoms with Crippen molar-refractivity contribution in [2.45, 2.75) is 6.54 Å². The van der Waals surface area contributed by atoms with Crippen LogP contribution in [0.3, 0.4) is 0 Å². The van der Waals surface area contributed by atoms with E-state index < -0.39 is 0 Å². The molecule has 2 rings (SSSR count). The van der Waals surface area contributed by atoms with Gasteiger partial charge in [0.05, 0.1) is 12.8 Å². The van der Waals surface area contributed by atoms with E-state index in [-0.39, 0.29) is 5.56 Å². The quantitative estimate of drug-likeness (QED) is 0.711. The SMILES string of the molecule is C=CCn1nc(-c2ccco2)ccc1=O. The van der Waals surface area contributed by atoms with Crippen LogP contribution in [0.1, 0.15) is 0 Å². The van der Waals surface area contributed by atoms with Gasteiger partial charge in [0.15, 0.2) is 5.76 Å². The van der Waals surface area contributed by atoms with Crippen molar-refractivity contribution >= 4 is 0 Å². The van der Waals surface area contributed by atoms with Crippen molar-refractivity contribution in [3.63, 3.8) is 0 Å². The standard InChI is InChI=1S/C11H10N2O2/c1-2-7-13-11(14)6-5-9(12-13)10-4-3-8-15-10/h2-6,8H,1,7H2. The van der Waals surface area contributed by atoms with Crippen LogP contribution in [-0.4, -0.2) is 9.78 Å². The van der Waals surface area contributed by atoms with E-state index >= 15 is 0 Å². The first-order valence-electron chi connectivity index (χ1n) is 4.54. The number of allylic oxidation sites excluding steroid dienone is 1. The van der Waals surface area contributed by atoms with Crippen LogP contribution in [0.4, 0.5) is 0 Å². The highest BCUT2D eigenvalue weighted by atomic mass is 16.3. The Hall–Kier alpha value is -2.10. The summed E-state index contributed by atoms with van der Waals surface area (Å²) in [6.45, 7) is 3.96. The smallest absolute Gasteiger partial charge is 0.267 e. The Morgan fingerprint density at radius 2 is 2.33 bits per heavy atom. The van der Waals surface area contributed by atoms with Gasteiger partial charge in [-0.15, -0.1) is 6.58 Å². The van der Waals surface area contributed by atoms with Crippen LogP contribution < -0.4 is 5.56 Å². The second-order valence-corrected chi connectivity index (χ2v) is 3.00. The summed E-state index contributed by atoms with van der Waals surface area (Å²) in [6, 6.07) is 6.68. The zero-order valence-electron chi connectivity index (χ0n) is 8.09. The molecule has 4 nitrogen and oxygen atoms in total. The molecule has 0 unspecified atom stereocenters. The first-order chi connectivity index (χ1) is 7.31. The third-order valence-corrected chi connectivity index (χ3v) is 1.94. The van der Waals surface area contributed by atoms with Gasteiger partial charge in [-0.1, -0.05) is 6.08 Å². The molecule has 0 atom stereocenters. The van der Waals surface area contributed by atoms with Crippen molar-refractivity contribution in [3.05, 3.63) is 53.5 Å². The van der Waals surface area contributed by atoms with E-state index in [1.165, 1.54) is 10.7 Å². The van der Waals surface area contributed by atoms with Gasteiger partial charge in [-0.2, -0.15) is 5.10 Å². The number of furan rings is 1. The van der Waals surface area contributed by atoms with Crippen LogP contribution >= 0.6 is 0 Å². The summed E-state index contributed by atoms with van der Waals surface area (Å²) in [5, 5.41) is 4.14. The van der Waals surface area contributed by atoms with Crippen molar-refractivity contribution in [2.24, 2.45) is 0 Å². The first-order valence-corrected chi connectivity index (χ1v) is 4.54. The van der Waals surface area contributed by atoms with Crippen molar-refractivity contribution in [2.75, 3.05) is 0 Å². The number of nitrogens with zero attached hydrogens (tertiary/aromatic N) is 2. The number of aromatic nitrogens is 2. The molecule has 0 radical (unpaired) electrons. The third kappa shape index (κ3) is 1.88. The lowest BCUT2D eigenvalue weighted by Gasteiger charge is -2.01. The maximum atomic E-state index is 11.4. The molecule has 0 spiro atoms. The van der Waals surface area contributed by atoms with E-state index in [2.05, 4.69) is 11.7 Å². The Labute approximate surface area is 86.5 Å². The molecular formula is C11H10N2O2. The Morgan fingerprint density at radius 3 is 3.00 bits per heavy atom. The van der Waals surface area contributed by atoms with E-state index in [1.807, 2.05) is 0 Å². The molecule has 0 aliphatic rings. The largest absolute Gasteiger partial charge is 0.463 e. The van der Waals surface area contributed by atoms with Gasteiger partial charge in [0.25, 0.3) is 5.56 Å². The highest BCUT2D eigenvalue weighted by Gasteiger charge is 2.04. The van der Waals surface area contributed by atoms with Crippen molar-refractivity contribution in [3.8, 4) is 11.5 Å². The minimum atomic E-state index is -0.148. The van der Waals surface area contributed by atoms with Crippen molar-refractivity contribution in [1.29, 1.82) is 0 Å². The Kier molecular flexibility index (Phi) is 2.49. The average molecular weight is 202 g/mol. The van der Waals surface area contributed by atoms with Gasteiger partial charge in [-0.05, 0) is 18.2 Å². The molecule has 0 aliphatic carbocycles. The fourth-order valence-corrected chi connectivity index (χ4v) is 1.26. The molecule has 15 heavy (non-hydrogen) atoms. The van der Waals surface area contributed by atoms with E-state index in [9.17, 15) is 4.79 Å². The van der Waals surface area contributed by atoms with Gasteiger partial charge >= 0.3 is 0 Å². The average Bonchev–Trinajstić information content (AvgIpc) is 2.75. The zero-order valence-corrected chi connectivity index (χ0v) is 8.09. The molecule has 0 aromatic carbocycles. The maximum absolute atomic E-state index is 11.4. The van der Waals surface area contributed by atoms with Gasteiger partial charge in [0.1, 0.15) is 5.69 Å². The molecule has 2 heterocycles. The molecule has 2 aromatic rings. The number of rotatable bonds is 3.